The summed E-state index contributed by atoms with van der Waals surface area (Å²) < 4.78 is 54.1. The SMILES string of the molecule is CN(C)c1cc[n+](C(C(=S)Nc2cccc(C(F)(F)F)c2)=C(O)c2ccc(F)cc2)cc1. The van der Waals surface area contributed by atoms with E-state index in [9.17, 15) is 22.7 Å². The molecule has 0 unspecified atom stereocenters. The summed E-state index contributed by atoms with van der Waals surface area (Å²) in [6.45, 7) is 0. The van der Waals surface area contributed by atoms with Gasteiger partial charge in [-0.15, -0.1) is 0 Å². The van der Waals surface area contributed by atoms with Crippen LogP contribution in [-0.2, 0) is 6.18 Å². The van der Waals surface area contributed by atoms with Crippen LogP contribution in [0.3, 0.4) is 0 Å². The summed E-state index contributed by atoms with van der Waals surface area (Å²) in [5.74, 6) is -0.743. The van der Waals surface area contributed by atoms with Crippen molar-refractivity contribution >= 4 is 40.0 Å². The molecule has 0 spiro atoms. The molecule has 0 aliphatic carbocycles. The zero-order valence-electron chi connectivity index (χ0n) is 17.2. The molecular formula is C23H20F4N3OS+. The van der Waals surface area contributed by atoms with E-state index in [1.807, 2.05) is 19.0 Å². The van der Waals surface area contributed by atoms with Gasteiger partial charge in [0.25, 0.3) is 5.70 Å². The Labute approximate surface area is 188 Å². The zero-order chi connectivity index (χ0) is 23.5. The number of aromatic nitrogens is 1. The third kappa shape index (κ3) is 5.42. The number of halogens is 4. The maximum Gasteiger partial charge on any atom is 0.416 e. The van der Waals surface area contributed by atoms with Gasteiger partial charge >= 0.3 is 6.18 Å². The van der Waals surface area contributed by atoms with Crippen molar-refractivity contribution < 1.29 is 27.2 Å². The Morgan fingerprint density at radius 3 is 2.19 bits per heavy atom. The molecule has 3 rings (SSSR count). The molecule has 9 heteroatoms. The van der Waals surface area contributed by atoms with E-state index >= 15 is 0 Å². The van der Waals surface area contributed by atoms with Crippen LogP contribution in [-0.4, -0.2) is 24.2 Å². The van der Waals surface area contributed by atoms with Gasteiger partial charge < -0.3 is 15.3 Å². The minimum Gasteiger partial charge on any atom is -0.502 e. The monoisotopic (exact) mass is 462 g/mol. The number of pyridine rings is 1. The Morgan fingerprint density at radius 2 is 1.62 bits per heavy atom. The smallest absolute Gasteiger partial charge is 0.416 e. The average molecular weight is 462 g/mol. The summed E-state index contributed by atoms with van der Waals surface area (Å²) in [5, 5.41) is 13.7. The van der Waals surface area contributed by atoms with Gasteiger partial charge in [-0.3, -0.25) is 0 Å². The van der Waals surface area contributed by atoms with Crippen molar-refractivity contribution in [3.8, 4) is 0 Å². The van der Waals surface area contributed by atoms with Crippen LogP contribution in [0.5, 0.6) is 0 Å². The van der Waals surface area contributed by atoms with Crippen molar-refractivity contribution in [1.82, 2.24) is 0 Å². The highest BCUT2D eigenvalue weighted by Crippen LogP contribution is 2.31. The van der Waals surface area contributed by atoms with Crippen LogP contribution >= 0.6 is 12.2 Å². The van der Waals surface area contributed by atoms with Crippen molar-refractivity contribution in [3.05, 3.63) is 90.0 Å². The number of nitrogens with zero attached hydrogens (tertiary/aromatic N) is 2. The molecule has 0 amide bonds. The lowest BCUT2D eigenvalue weighted by molar-refractivity contribution is -0.575. The first-order valence-corrected chi connectivity index (χ1v) is 9.84. The molecule has 2 N–H and O–H groups in total. The maximum absolute atomic E-state index is 13.3. The number of hydrogen-bond donors (Lipinski definition) is 2. The van der Waals surface area contributed by atoms with Gasteiger partial charge in [0.1, 0.15) is 5.82 Å². The molecule has 1 heterocycles. The number of anilines is 2. The van der Waals surface area contributed by atoms with Gasteiger partial charge in [-0.25, -0.2) is 4.39 Å². The molecule has 0 saturated heterocycles. The number of thiocarbonyl (C=S) groups is 1. The van der Waals surface area contributed by atoms with Gasteiger partial charge in [-0.05, 0) is 42.5 Å². The van der Waals surface area contributed by atoms with Gasteiger partial charge in [0.2, 0.25) is 0 Å². The fourth-order valence-corrected chi connectivity index (χ4v) is 3.24. The Morgan fingerprint density at radius 1 is 1.00 bits per heavy atom. The highest BCUT2D eigenvalue weighted by atomic mass is 32.1. The number of alkyl halides is 3. The van der Waals surface area contributed by atoms with E-state index in [1.54, 1.807) is 24.5 Å². The number of rotatable bonds is 5. The topological polar surface area (TPSA) is 39.4 Å². The van der Waals surface area contributed by atoms with Crippen LogP contribution in [0.4, 0.5) is 28.9 Å². The van der Waals surface area contributed by atoms with Crippen LogP contribution in [0.25, 0.3) is 11.5 Å². The molecule has 0 bridgehead atoms. The standard InChI is InChI=1S/C23H19F4N3OS/c1-29(2)19-10-12-30(13-11-19)20(21(31)15-6-8-17(24)9-7-15)22(32)28-18-5-3-4-16(14-18)23(25,26)27/h3-14H,1-2H3,(H-,28,31,32)/p+1. The van der Waals surface area contributed by atoms with Crippen molar-refractivity contribution in [3.63, 3.8) is 0 Å². The summed E-state index contributed by atoms with van der Waals surface area (Å²) in [4.78, 5) is 1.86. The Balaban J connectivity index is 2.05. The minimum absolute atomic E-state index is 0.0197. The van der Waals surface area contributed by atoms with E-state index in [-0.39, 0.29) is 22.1 Å². The van der Waals surface area contributed by atoms with Gasteiger partial charge in [0.15, 0.2) is 23.1 Å². The lowest BCUT2D eigenvalue weighted by Crippen LogP contribution is -2.38. The second kappa shape index (κ2) is 9.35. The third-order valence-electron chi connectivity index (χ3n) is 4.59. The maximum atomic E-state index is 13.3. The van der Waals surface area contributed by atoms with Crippen molar-refractivity contribution in [1.29, 1.82) is 0 Å². The van der Waals surface area contributed by atoms with E-state index in [1.165, 1.54) is 41.0 Å². The predicted molar refractivity (Wildman–Crippen MR) is 121 cm³/mol. The number of hydrogen-bond acceptors (Lipinski definition) is 3. The van der Waals surface area contributed by atoms with Gasteiger partial charge in [-0.2, -0.15) is 17.7 Å². The molecule has 0 atom stereocenters. The first kappa shape index (κ1) is 23.2. The summed E-state index contributed by atoms with van der Waals surface area (Å²) in [6, 6.07) is 13.3. The van der Waals surface area contributed by atoms with E-state index in [4.69, 9.17) is 12.2 Å². The van der Waals surface area contributed by atoms with E-state index in [0.717, 1.165) is 17.8 Å². The van der Waals surface area contributed by atoms with Gasteiger partial charge in [0, 0.05) is 43.2 Å². The minimum atomic E-state index is -4.51. The molecule has 3 aromatic rings. The molecule has 4 nitrogen and oxygen atoms in total. The molecule has 0 radical (unpaired) electrons. The fourth-order valence-electron chi connectivity index (χ4n) is 2.92. The van der Waals surface area contributed by atoms with E-state index in [2.05, 4.69) is 5.32 Å². The molecular weight excluding hydrogens is 442 g/mol. The molecule has 1 aromatic heterocycles. The number of nitrogens with one attached hydrogen (secondary N) is 1. The molecule has 2 aromatic carbocycles. The highest BCUT2D eigenvalue weighted by molar-refractivity contribution is 7.81. The molecule has 0 fully saturated rings. The predicted octanol–water partition coefficient (Wildman–Crippen LogP) is 5.52. The third-order valence-corrected chi connectivity index (χ3v) is 4.89. The second-order valence-corrected chi connectivity index (χ2v) is 7.50. The lowest BCUT2D eigenvalue weighted by Gasteiger charge is -2.14. The van der Waals surface area contributed by atoms with Crippen molar-refractivity contribution in [2.24, 2.45) is 0 Å². The summed E-state index contributed by atoms with van der Waals surface area (Å²) in [6.07, 6.45) is -1.19. The van der Waals surface area contributed by atoms with E-state index in [0.29, 0.717) is 5.56 Å². The zero-order valence-corrected chi connectivity index (χ0v) is 18.0. The average Bonchev–Trinajstić information content (AvgIpc) is 2.74. The normalized spacial score (nSPS) is 12.2. The highest BCUT2D eigenvalue weighted by Gasteiger charge is 2.31. The largest absolute Gasteiger partial charge is 0.502 e. The first-order chi connectivity index (χ1) is 15.1. The molecule has 0 aliphatic rings. The van der Waals surface area contributed by atoms with Gasteiger partial charge in [0.05, 0.1) is 5.56 Å². The Hall–Kier alpha value is -3.46. The molecule has 32 heavy (non-hydrogen) atoms. The number of aliphatic hydroxyl groups is 1. The number of benzene rings is 2. The first-order valence-electron chi connectivity index (χ1n) is 9.43. The van der Waals surface area contributed by atoms with Crippen LogP contribution in [0, 0.1) is 5.82 Å². The second-order valence-electron chi connectivity index (χ2n) is 7.09. The number of aliphatic hydroxyl groups excluding tert-OH is 1. The molecule has 166 valence electrons. The van der Waals surface area contributed by atoms with Crippen molar-refractivity contribution in [2.75, 3.05) is 24.3 Å². The summed E-state index contributed by atoms with van der Waals surface area (Å²) >= 11 is 5.45. The van der Waals surface area contributed by atoms with Crippen LogP contribution < -0.4 is 14.8 Å². The summed E-state index contributed by atoms with van der Waals surface area (Å²) in [7, 11) is 3.73. The fraction of sp³-hybridized carbons (Fsp3) is 0.130. The van der Waals surface area contributed by atoms with E-state index < -0.39 is 17.6 Å². The van der Waals surface area contributed by atoms with Crippen LogP contribution in [0.2, 0.25) is 0 Å². The molecule has 0 saturated carbocycles. The summed E-state index contributed by atoms with van der Waals surface area (Å²) in [5.41, 5.74) is 0.577. The van der Waals surface area contributed by atoms with Gasteiger partial charge in [-0.1, -0.05) is 18.3 Å². The van der Waals surface area contributed by atoms with Crippen LogP contribution in [0.1, 0.15) is 11.1 Å². The lowest BCUT2D eigenvalue weighted by atomic mass is 10.1. The molecule has 0 aliphatic heterocycles. The Bertz CT molecular complexity index is 1140. The quantitative estimate of drug-likeness (QED) is 0.172. The Kier molecular flexibility index (Phi) is 6.78. The van der Waals surface area contributed by atoms with Crippen molar-refractivity contribution in [2.45, 2.75) is 6.18 Å². The van der Waals surface area contributed by atoms with Crippen LogP contribution in [0.15, 0.2) is 73.1 Å².